The van der Waals surface area contributed by atoms with E-state index in [1.54, 1.807) is 6.92 Å². The number of ether oxygens (including phenoxy) is 1. The van der Waals surface area contributed by atoms with Crippen LogP contribution in [0.15, 0.2) is 18.2 Å². The maximum Gasteiger partial charge on any atom is 0.338 e. The fourth-order valence-electron chi connectivity index (χ4n) is 2.39. The minimum absolute atomic E-state index is 0.284. The van der Waals surface area contributed by atoms with Gasteiger partial charge in [0.1, 0.15) is 21.8 Å². The largest absolute Gasteiger partial charge is 0.459 e. The van der Waals surface area contributed by atoms with Crippen LogP contribution in [0.5, 0.6) is 0 Å². The van der Waals surface area contributed by atoms with Crippen LogP contribution in [-0.4, -0.2) is 32.0 Å². The Morgan fingerprint density at radius 2 is 2.05 bits per heavy atom. The van der Waals surface area contributed by atoms with Gasteiger partial charge in [0.05, 0.1) is 10.8 Å². The number of halogens is 1. The van der Waals surface area contributed by atoms with Crippen LogP contribution >= 0.6 is 0 Å². The van der Waals surface area contributed by atoms with Crippen LogP contribution in [-0.2, 0) is 14.6 Å². The van der Waals surface area contributed by atoms with Crippen molar-refractivity contribution in [2.24, 2.45) is 0 Å². The predicted molar refractivity (Wildman–Crippen MR) is 72.8 cm³/mol. The lowest BCUT2D eigenvalue weighted by molar-refractivity contribution is 0.0318. The van der Waals surface area contributed by atoms with Crippen molar-refractivity contribution >= 4 is 15.8 Å². The van der Waals surface area contributed by atoms with Gasteiger partial charge in [-0.3, -0.25) is 0 Å². The number of aryl methyl sites for hydroxylation is 1. The molecule has 1 fully saturated rings. The maximum atomic E-state index is 13.1. The van der Waals surface area contributed by atoms with Crippen LogP contribution in [0.2, 0.25) is 0 Å². The third-order valence-electron chi connectivity index (χ3n) is 3.61. The molecule has 0 saturated heterocycles. The third-order valence-corrected chi connectivity index (χ3v) is 5.25. The Hall–Kier alpha value is -1.43. The molecule has 0 radical (unpaired) electrons. The van der Waals surface area contributed by atoms with Gasteiger partial charge in [0, 0.05) is 12.7 Å². The average Bonchev–Trinajstić information content (AvgIpc) is 2.81. The van der Waals surface area contributed by atoms with Crippen LogP contribution in [0.25, 0.3) is 0 Å². The molecule has 4 nitrogen and oxygen atoms in total. The van der Waals surface area contributed by atoms with Crippen molar-refractivity contribution in [1.29, 1.82) is 0 Å². The number of carbonyl (C=O) groups is 1. The van der Waals surface area contributed by atoms with Gasteiger partial charge in [0.25, 0.3) is 0 Å². The maximum absolute atomic E-state index is 13.1. The predicted octanol–water partition coefficient (Wildman–Crippen LogP) is 2.26. The van der Waals surface area contributed by atoms with Gasteiger partial charge >= 0.3 is 5.97 Å². The summed E-state index contributed by atoms with van der Waals surface area (Å²) >= 11 is 0. The fourth-order valence-corrected chi connectivity index (χ4v) is 3.52. The van der Waals surface area contributed by atoms with Crippen LogP contribution in [0.3, 0.4) is 0 Å². The van der Waals surface area contributed by atoms with Gasteiger partial charge in [-0.05, 0) is 43.5 Å². The number of rotatable bonds is 3. The van der Waals surface area contributed by atoms with Crippen LogP contribution in [0.4, 0.5) is 4.39 Å². The van der Waals surface area contributed by atoms with Crippen LogP contribution < -0.4 is 0 Å². The molecule has 2 rings (SSSR count). The van der Waals surface area contributed by atoms with E-state index in [1.165, 1.54) is 24.5 Å². The topological polar surface area (TPSA) is 60.4 Å². The summed E-state index contributed by atoms with van der Waals surface area (Å²) in [4.78, 5) is 11.9. The number of carbonyl (C=O) groups excluding carboxylic acids is 1. The molecule has 1 aromatic carbocycles. The molecule has 20 heavy (non-hydrogen) atoms. The van der Waals surface area contributed by atoms with E-state index < -0.39 is 21.1 Å². The van der Waals surface area contributed by atoms with E-state index in [-0.39, 0.29) is 17.5 Å². The Labute approximate surface area is 117 Å². The quantitative estimate of drug-likeness (QED) is 0.803. The number of hydrogen-bond donors (Lipinski definition) is 0. The van der Waals surface area contributed by atoms with Gasteiger partial charge in [-0.1, -0.05) is 0 Å². The molecule has 6 heteroatoms. The molecule has 0 spiro atoms. The Balaban J connectivity index is 2.01. The normalized spacial score (nSPS) is 22.8. The molecule has 1 aliphatic carbocycles. The molecule has 0 aliphatic heterocycles. The first-order valence-electron chi connectivity index (χ1n) is 6.43. The van der Waals surface area contributed by atoms with Crippen LogP contribution in [0.1, 0.15) is 35.2 Å². The molecule has 0 heterocycles. The summed E-state index contributed by atoms with van der Waals surface area (Å²) in [6.07, 6.45) is 2.21. The highest BCUT2D eigenvalue weighted by molar-refractivity contribution is 7.91. The van der Waals surface area contributed by atoms with E-state index in [0.29, 0.717) is 24.8 Å². The number of hydrogen-bond acceptors (Lipinski definition) is 4. The zero-order chi connectivity index (χ0) is 14.9. The van der Waals surface area contributed by atoms with Gasteiger partial charge in [0.2, 0.25) is 0 Å². The minimum atomic E-state index is -3.09. The van der Waals surface area contributed by atoms with Crippen LogP contribution in [0, 0.1) is 12.7 Å². The summed E-state index contributed by atoms with van der Waals surface area (Å²) < 4.78 is 41.3. The SMILES string of the molecule is Cc1cc(C(=O)O[C@@H]2CC[C@H](S(C)(=O)=O)C2)ccc1F. The van der Waals surface area contributed by atoms with E-state index in [2.05, 4.69) is 0 Å². The summed E-state index contributed by atoms with van der Waals surface area (Å²) in [5.74, 6) is -0.910. The molecule has 0 unspecified atom stereocenters. The standard InChI is InChI=1S/C14H17FO4S/c1-9-7-10(3-6-13(9)15)14(16)19-11-4-5-12(8-11)20(2,17)18/h3,6-7,11-12H,4-5,8H2,1-2H3/t11-,12+/m1/s1. The highest BCUT2D eigenvalue weighted by Gasteiger charge is 2.33. The second kappa shape index (κ2) is 5.52. The van der Waals surface area contributed by atoms with Crippen molar-refractivity contribution in [3.8, 4) is 0 Å². The Kier molecular flexibility index (Phi) is 4.13. The first kappa shape index (κ1) is 15.0. The summed E-state index contributed by atoms with van der Waals surface area (Å²) in [6.45, 7) is 1.57. The third kappa shape index (κ3) is 3.36. The van der Waals surface area contributed by atoms with Gasteiger partial charge in [-0.2, -0.15) is 0 Å². The van der Waals surface area contributed by atoms with Crippen molar-refractivity contribution in [3.05, 3.63) is 35.1 Å². The van der Waals surface area contributed by atoms with Gasteiger partial charge in [0.15, 0.2) is 0 Å². The monoisotopic (exact) mass is 300 g/mol. The zero-order valence-electron chi connectivity index (χ0n) is 11.4. The lowest BCUT2D eigenvalue weighted by Crippen LogP contribution is -2.20. The van der Waals surface area contributed by atoms with Gasteiger partial charge in [-0.15, -0.1) is 0 Å². The second-order valence-corrected chi connectivity index (χ2v) is 7.58. The minimum Gasteiger partial charge on any atom is -0.459 e. The van der Waals surface area contributed by atoms with E-state index in [0.717, 1.165) is 0 Å². The molecule has 1 aliphatic rings. The summed E-state index contributed by atoms with van der Waals surface area (Å²) in [7, 11) is -3.09. The number of benzene rings is 1. The molecular weight excluding hydrogens is 283 g/mol. The molecule has 110 valence electrons. The molecule has 0 bridgehead atoms. The average molecular weight is 300 g/mol. The van der Waals surface area contributed by atoms with Crippen molar-refractivity contribution in [3.63, 3.8) is 0 Å². The molecule has 0 N–H and O–H groups in total. The molecular formula is C14H17FO4S. The number of esters is 1. The Bertz CT molecular complexity index is 624. The Morgan fingerprint density at radius 3 is 2.60 bits per heavy atom. The molecule has 1 aromatic rings. The molecule has 0 aromatic heterocycles. The zero-order valence-corrected chi connectivity index (χ0v) is 12.2. The van der Waals surface area contributed by atoms with E-state index in [9.17, 15) is 17.6 Å². The lowest BCUT2D eigenvalue weighted by Gasteiger charge is -2.12. The summed E-state index contributed by atoms with van der Waals surface area (Å²) in [6, 6.07) is 4.02. The molecule has 1 saturated carbocycles. The summed E-state index contributed by atoms with van der Waals surface area (Å²) in [5.41, 5.74) is 0.659. The van der Waals surface area contributed by atoms with Gasteiger partial charge in [-0.25, -0.2) is 17.6 Å². The number of sulfone groups is 1. The van der Waals surface area contributed by atoms with E-state index >= 15 is 0 Å². The van der Waals surface area contributed by atoms with Crippen molar-refractivity contribution in [2.45, 2.75) is 37.5 Å². The first-order valence-corrected chi connectivity index (χ1v) is 8.39. The van der Waals surface area contributed by atoms with Crippen molar-refractivity contribution in [2.75, 3.05) is 6.26 Å². The first-order chi connectivity index (χ1) is 9.27. The molecule has 2 atom stereocenters. The second-order valence-electron chi connectivity index (χ2n) is 5.26. The fraction of sp³-hybridized carbons (Fsp3) is 0.500. The summed E-state index contributed by atoms with van der Waals surface area (Å²) in [5, 5.41) is -0.435. The highest BCUT2D eigenvalue weighted by atomic mass is 32.2. The smallest absolute Gasteiger partial charge is 0.338 e. The van der Waals surface area contributed by atoms with Crippen molar-refractivity contribution in [1.82, 2.24) is 0 Å². The van der Waals surface area contributed by atoms with Crippen molar-refractivity contribution < 1.29 is 22.3 Å². The van der Waals surface area contributed by atoms with E-state index in [4.69, 9.17) is 4.74 Å². The van der Waals surface area contributed by atoms with Gasteiger partial charge < -0.3 is 4.74 Å². The highest BCUT2D eigenvalue weighted by Crippen LogP contribution is 2.28. The lowest BCUT2D eigenvalue weighted by atomic mass is 10.1. The van der Waals surface area contributed by atoms with E-state index in [1.807, 2.05) is 0 Å². The molecule has 0 amide bonds. The Morgan fingerprint density at radius 1 is 1.35 bits per heavy atom.